The zero-order chi connectivity index (χ0) is 16.2. The molecule has 2 aliphatic rings. The largest absolute Gasteiger partial charge is 0.498 e. The standard InChI is InChI=1S/C16H23N3O4/c1-10-13(4-3-7-22-10)15(20)18-14(12-5-8-21-9-6-12)16-17-11(2)19-23-16/h12,14H,3-9H2,1-2H3,(H,18,20). The number of carbonyl (C=O) groups is 1. The van der Waals surface area contributed by atoms with E-state index in [0.717, 1.165) is 25.7 Å². The molecule has 0 saturated carbocycles. The molecule has 23 heavy (non-hydrogen) atoms. The summed E-state index contributed by atoms with van der Waals surface area (Å²) in [5.41, 5.74) is 0.713. The summed E-state index contributed by atoms with van der Waals surface area (Å²) in [4.78, 5) is 17.0. The molecule has 7 nitrogen and oxygen atoms in total. The van der Waals surface area contributed by atoms with Crippen LogP contribution in [-0.4, -0.2) is 35.9 Å². The van der Waals surface area contributed by atoms with Crippen molar-refractivity contribution in [2.24, 2.45) is 5.92 Å². The minimum absolute atomic E-state index is 0.102. The highest BCUT2D eigenvalue weighted by Gasteiger charge is 2.32. The average Bonchev–Trinajstić information content (AvgIpc) is 3.00. The summed E-state index contributed by atoms with van der Waals surface area (Å²) in [7, 11) is 0. The zero-order valence-corrected chi connectivity index (χ0v) is 13.6. The number of ether oxygens (including phenoxy) is 2. The van der Waals surface area contributed by atoms with Crippen LogP contribution in [0.15, 0.2) is 15.9 Å². The highest BCUT2D eigenvalue weighted by Crippen LogP contribution is 2.30. The van der Waals surface area contributed by atoms with Gasteiger partial charge in [0.2, 0.25) is 5.89 Å². The van der Waals surface area contributed by atoms with Gasteiger partial charge in [0.05, 0.1) is 12.2 Å². The van der Waals surface area contributed by atoms with E-state index >= 15 is 0 Å². The Morgan fingerprint density at radius 2 is 2.04 bits per heavy atom. The van der Waals surface area contributed by atoms with Crippen LogP contribution in [0.25, 0.3) is 0 Å². The van der Waals surface area contributed by atoms with E-state index in [0.29, 0.717) is 42.9 Å². The number of nitrogens with zero attached hydrogens (tertiary/aromatic N) is 2. The molecule has 1 unspecified atom stereocenters. The van der Waals surface area contributed by atoms with Crippen molar-refractivity contribution in [2.45, 2.75) is 45.6 Å². The summed E-state index contributed by atoms with van der Waals surface area (Å²) in [5, 5.41) is 6.95. The van der Waals surface area contributed by atoms with Gasteiger partial charge in [0.1, 0.15) is 11.8 Å². The monoisotopic (exact) mass is 321 g/mol. The highest BCUT2D eigenvalue weighted by atomic mass is 16.5. The number of aryl methyl sites for hydroxylation is 1. The van der Waals surface area contributed by atoms with Crippen molar-refractivity contribution < 1.29 is 18.8 Å². The number of aromatic nitrogens is 2. The molecule has 0 radical (unpaired) electrons. The van der Waals surface area contributed by atoms with Gasteiger partial charge < -0.3 is 19.3 Å². The first-order valence-electron chi connectivity index (χ1n) is 8.16. The van der Waals surface area contributed by atoms with E-state index in [1.807, 2.05) is 6.92 Å². The van der Waals surface area contributed by atoms with E-state index in [1.165, 1.54) is 0 Å². The Morgan fingerprint density at radius 3 is 2.70 bits per heavy atom. The smallest absolute Gasteiger partial charge is 0.251 e. The molecule has 7 heteroatoms. The number of allylic oxidation sites excluding steroid dienone is 1. The van der Waals surface area contributed by atoms with E-state index in [4.69, 9.17) is 14.0 Å². The van der Waals surface area contributed by atoms with Crippen molar-refractivity contribution in [3.05, 3.63) is 23.0 Å². The third-order valence-electron chi connectivity index (χ3n) is 4.42. The summed E-state index contributed by atoms with van der Waals surface area (Å²) in [6.07, 6.45) is 3.32. The van der Waals surface area contributed by atoms with Gasteiger partial charge in [-0.2, -0.15) is 4.98 Å². The molecule has 126 valence electrons. The first-order valence-corrected chi connectivity index (χ1v) is 8.16. The second kappa shape index (κ2) is 7.12. The fourth-order valence-electron chi connectivity index (χ4n) is 3.11. The van der Waals surface area contributed by atoms with Gasteiger partial charge in [-0.15, -0.1) is 0 Å². The van der Waals surface area contributed by atoms with E-state index in [-0.39, 0.29) is 17.9 Å². The summed E-state index contributed by atoms with van der Waals surface area (Å²) in [5.74, 6) is 1.88. The van der Waals surface area contributed by atoms with E-state index < -0.39 is 0 Å². The lowest BCUT2D eigenvalue weighted by atomic mass is 9.91. The van der Waals surface area contributed by atoms with Crippen molar-refractivity contribution in [3.63, 3.8) is 0 Å². The molecule has 0 aliphatic carbocycles. The maximum atomic E-state index is 12.7. The van der Waals surface area contributed by atoms with Crippen LogP contribution in [0.1, 0.15) is 50.4 Å². The number of hydrogen-bond acceptors (Lipinski definition) is 6. The van der Waals surface area contributed by atoms with Crippen LogP contribution in [0.4, 0.5) is 0 Å². The molecule has 1 saturated heterocycles. The minimum atomic E-state index is -0.283. The third kappa shape index (κ3) is 3.72. The molecule has 0 aromatic carbocycles. The normalized spacial score (nSPS) is 21.0. The first kappa shape index (κ1) is 16.0. The Hall–Kier alpha value is -1.89. The van der Waals surface area contributed by atoms with Crippen molar-refractivity contribution in [1.29, 1.82) is 0 Å². The second-order valence-electron chi connectivity index (χ2n) is 6.07. The van der Waals surface area contributed by atoms with Gasteiger partial charge in [-0.3, -0.25) is 4.79 Å². The lowest BCUT2D eigenvalue weighted by molar-refractivity contribution is -0.119. The molecule has 1 fully saturated rings. The molecular weight excluding hydrogens is 298 g/mol. The molecule has 1 aromatic rings. The highest BCUT2D eigenvalue weighted by molar-refractivity contribution is 5.94. The number of nitrogens with one attached hydrogen (secondary N) is 1. The fraction of sp³-hybridized carbons (Fsp3) is 0.688. The number of carbonyl (C=O) groups excluding carboxylic acids is 1. The molecule has 3 heterocycles. The summed E-state index contributed by atoms with van der Waals surface area (Å²) >= 11 is 0. The molecule has 0 spiro atoms. The molecule has 1 amide bonds. The van der Waals surface area contributed by atoms with Crippen LogP contribution in [0.2, 0.25) is 0 Å². The Labute approximate surface area is 135 Å². The fourth-order valence-corrected chi connectivity index (χ4v) is 3.11. The minimum Gasteiger partial charge on any atom is -0.498 e. The quantitative estimate of drug-likeness (QED) is 0.913. The van der Waals surface area contributed by atoms with Crippen LogP contribution in [0.5, 0.6) is 0 Å². The maximum absolute atomic E-state index is 12.7. The number of amides is 1. The van der Waals surface area contributed by atoms with Crippen molar-refractivity contribution in [3.8, 4) is 0 Å². The van der Waals surface area contributed by atoms with Crippen LogP contribution < -0.4 is 5.32 Å². The van der Waals surface area contributed by atoms with Crippen molar-refractivity contribution in [1.82, 2.24) is 15.5 Å². The van der Waals surface area contributed by atoms with Crippen molar-refractivity contribution in [2.75, 3.05) is 19.8 Å². The van der Waals surface area contributed by atoms with Gasteiger partial charge in [-0.25, -0.2) is 0 Å². The van der Waals surface area contributed by atoms with Crippen LogP contribution in [0, 0.1) is 12.8 Å². The van der Waals surface area contributed by atoms with Crippen molar-refractivity contribution >= 4 is 5.91 Å². The van der Waals surface area contributed by atoms with Gasteiger partial charge in [-0.1, -0.05) is 5.16 Å². The van der Waals surface area contributed by atoms with Crippen LogP contribution in [-0.2, 0) is 14.3 Å². The van der Waals surface area contributed by atoms with Gasteiger partial charge in [0.25, 0.3) is 5.91 Å². The molecule has 1 atom stereocenters. The molecule has 2 aliphatic heterocycles. The van der Waals surface area contributed by atoms with Gasteiger partial charge >= 0.3 is 0 Å². The topological polar surface area (TPSA) is 86.5 Å². The Morgan fingerprint density at radius 1 is 1.26 bits per heavy atom. The SMILES string of the molecule is CC1=C(C(=O)NC(c2nc(C)no2)C2CCOCC2)CCCO1. The zero-order valence-electron chi connectivity index (χ0n) is 13.6. The van der Waals surface area contributed by atoms with Gasteiger partial charge in [0, 0.05) is 13.2 Å². The summed E-state index contributed by atoms with van der Waals surface area (Å²) in [6, 6.07) is -0.283. The third-order valence-corrected chi connectivity index (χ3v) is 4.42. The molecule has 3 rings (SSSR count). The second-order valence-corrected chi connectivity index (χ2v) is 6.07. The summed E-state index contributed by atoms with van der Waals surface area (Å²) in [6.45, 7) is 5.67. The Bertz CT molecular complexity index is 590. The lowest BCUT2D eigenvalue weighted by Crippen LogP contribution is -2.37. The molecule has 0 bridgehead atoms. The molecule has 1 aromatic heterocycles. The Balaban J connectivity index is 1.79. The maximum Gasteiger partial charge on any atom is 0.251 e. The van der Waals surface area contributed by atoms with Gasteiger partial charge in [0.15, 0.2) is 5.82 Å². The number of hydrogen-bond donors (Lipinski definition) is 1. The average molecular weight is 321 g/mol. The van der Waals surface area contributed by atoms with E-state index in [1.54, 1.807) is 6.92 Å². The van der Waals surface area contributed by atoms with E-state index in [2.05, 4.69) is 15.5 Å². The predicted molar refractivity (Wildman–Crippen MR) is 81.3 cm³/mol. The van der Waals surface area contributed by atoms with Crippen LogP contribution >= 0.6 is 0 Å². The Kier molecular flexibility index (Phi) is 4.95. The number of rotatable bonds is 4. The predicted octanol–water partition coefficient (Wildman–Crippen LogP) is 2.05. The summed E-state index contributed by atoms with van der Waals surface area (Å²) < 4.78 is 16.2. The van der Waals surface area contributed by atoms with Gasteiger partial charge in [-0.05, 0) is 45.4 Å². The first-order chi connectivity index (χ1) is 11.1. The molecule has 1 N–H and O–H groups in total. The van der Waals surface area contributed by atoms with Crippen LogP contribution in [0.3, 0.4) is 0 Å². The van der Waals surface area contributed by atoms with E-state index in [9.17, 15) is 4.79 Å². The lowest BCUT2D eigenvalue weighted by Gasteiger charge is -2.29. The molecular formula is C16H23N3O4.